The zero-order valence-electron chi connectivity index (χ0n) is 20.7. The van der Waals surface area contributed by atoms with Crippen LogP contribution in [0.2, 0.25) is 0 Å². The van der Waals surface area contributed by atoms with E-state index in [0.29, 0.717) is 42.3 Å². The number of ketones is 1. The van der Waals surface area contributed by atoms with Gasteiger partial charge in [0.25, 0.3) is 0 Å². The summed E-state index contributed by atoms with van der Waals surface area (Å²) in [6.45, 7) is 13.6. The number of hydrogen-bond donors (Lipinski definition) is 0. The van der Waals surface area contributed by atoms with Crippen molar-refractivity contribution < 1.29 is 13.9 Å². The summed E-state index contributed by atoms with van der Waals surface area (Å²) in [5, 5.41) is 0. The first-order chi connectivity index (χ1) is 16.4. The largest absolute Gasteiger partial charge is 0.451 e. The maximum Gasteiger partial charge on any atom is 0.178 e. The van der Waals surface area contributed by atoms with E-state index in [0.717, 1.165) is 42.7 Å². The van der Waals surface area contributed by atoms with Gasteiger partial charge in [0.1, 0.15) is 11.4 Å². The van der Waals surface area contributed by atoms with Gasteiger partial charge in [-0.05, 0) is 64.2 Å². The van der Waals surface area contributed by atoms with E-state index in [2.05, 4.69) is 30.3 Å². The van der Waals surface area contributed by atoms with Gasteiger partial charge in [0.05, 0.1) is 11.4 Å². The molecular formula is C28H34FN3O2. The predicted octanol–water partition coefficient (Wildman–Crippen LogP) is 6.58. The highest BCUT2D eigenvalue weighted by Crippen LogP contribution is 2.51. The molecule has 0 N–H and O–H groups in total. The monoisotopic (exact) mass is 463 g/mol. The fourth-order valence-electron chi connectivity index (χ4n) is 5.11. The summed E-state index contributed by atoms with van der Waals surface area (Å²) in [7, 11) is 0. The Hall–Kier alpha value is -3.15. The molecule has 1 aliphatic carbocycles. The quantitative estimate of drug-likeness (QED) is 0.260. The maximum atomic E-state index is 15.7. The lowest BCUT2D eigenvalue weighted by molar-refractivity contribution is 0.101. The molecule has 0 spiro atoms. The molecule has 0 radical (unpaired) electrons. The molecule has 6 heteroatoms. The molecule has 0 bridgehead atoms. The molecule has 0 saturated carbocycles. The maximum absolute atomic E-state index is 15.7. The van der Waals surface area contributed by atoms with E-state index in [4.69, 9.17) is 4.74 Å². The van der Waals surface area contributed by atoms with Crippen LogP contribution in [0, 0.1) is 11.7 Å². The summed E-state index contributed by atoms with van der Waals surface area (Å²) >= 11 is 0. The molecule has 1 unspecified atom stereocenters. The van der Waals surface area contributed by atoms with Crippen molar-refractivity contribution in [3.8, 4) is 5.75 Å². The van der Waals surface area contributed by atoms with Gasteiger partial charge in [-0.15, -0.1) is 0 Å². The van der Waals surface area contributed by atoms with Gasteiger partial charge in [0.2, 0.25) is 0 Å². The van der Waals surface area contributed by atoms with Crippen molar-refractivity contribution in [1.29, 1.82) is 0 Å². The summed E-state index contributed by atoms with van der Waals surface area (Å²) < 4.78 is 22.1. The van der Waals surface area contributed by atoms with Gasteiger partial charge in [-0.3, -0.25) is 9.79 Å². The molecular weight excluding hydrogens is 429 g/mol. The predicted molar refractivity (Wildman–Crippen MR) is 137 cm³/mol. The lowest BCUT2D eigenvalue weighted by Gasteiger charge is -2.38. The van der Waals surface area contributed by atoms with Crippen molar-refractivity contribution in [3.05, 3.63) is 65.0 Å². The number of hydrogen-bond acceptors (Lipinski definition) is 5. The van der Waals surface area contributed by atoms with Crippen LogP contribution in [0.3, 0.4) is 0 Å². The molecule has 0 amide bonds. The molecule has 1 aromatic carbocycles. The first kappa shape index (κ1) is 24.0. The Kier molecular flexibility index (Phi) is 7.05. The van der Waals surface area contributed by atoms with E-state index in [-0.39, 0.29) is 11.7 Å². The molecule has 34 heavy (non-hydrogen) atoms. The average Bonchev–Trinajstić information content (AvgIpc) is 3.29. The Balaban J connectivity index is 1.78. The number of anilines is 2. The highest BCUT2D eigenvalue weighted by atomic mass is 19.1. The van der Waals surface area contributed by atoms with Crippen molar-refractivity contribution in [3.63, 3.8) is 0 Å². The van der Waals surface area contributed by atoms with E-state index in [9.17, 15) is 4.79 Å². The standard InChI is InChI=1S/C28H34FN3O2/c1-6-12-30-16-20(7-2)21-11-13-31(17-21)27-23(29)15-22(19(5)33)26-28(27)34-25-14-18(4)9-10-24(25)32(26)8-3/h7,12,14-16,21H,2,6,8-11,13,17H2,1,3-5H3/b20-16+,30-12?. The average molecular weight is 464 g/mol. The van der Waals surface area contributed by atoms with Crippen LogP contribution in [-0.4, -0.2) is 31.6 Å². The number of allylic oxidation sites excluding steroid dienone is 4. The summed E-state index contributed by atoms with van der Waals surface area (Å²) in [4.78, 5) is 21.1. The number of rotatable bonds is 7. The van der Waals surface area contributed by atoms with Crippen molar-refractivity contribution in [1.82, 2.24) is 0 Å². The number of fused-ring (bicyclic) bond motifs is 1. The second kappa shape index (κ2) is 10.00. The van der Waals surface area contributed by atoms with Gasteiger partial charge < -0.3 is 14.5 Å². The van der Waals surface area contributed by atoms with E-state index < -0.39 is 5.82 Å². The van der Waals surface area contributed by atoms with Crippen LogP contribution in [0.5, 0.6) is 5.75 Å². The van der Waals surface area contributed by atoms with Crippen molar-refractivity contribution >= 4 is 23.4 Å². The third-order valence-corrected chi connectivity index (χ3v) is 6.83. The number of Topliss-reactive ketones (excluding diaryl/α,β-unsaturated/α-hetero) is 1. The number of nitrogens with zero attached hydrogens (tertiary/aromatic N) is 3. The third-order valence-electron chi connectivity index (χ3n) is 6.83. The van der Waals surface area contributed by atoms with E-state index >= 15 is 4.39 Å². The molecule has 180 valence electrons. The summed E-state index contributed by atoms with van der Waals surface area (Å²) in [5.74, 6) is 0.822. The number of benzene rings is 1. The first-order valence-electron chi connectivity index (χ1n) is 12.2. The lowest BCUT2D eigenvalue weighted by Crippen LogP contribution is -2.33. The van der Waals surface area contributed by atoms with Crippen LogP contribution in [0.15, 0.2) is 58.6 Å². The SMILES string of the molecule is C=C/C(=C\N=CCC)C1CCN(c2c(F)cc(C(C)=O)c3c2OC2=C(CCC(C)=C2)N3CC)C1. The molecule has 1 fully saturated rings. The molecule has 0 aromatic heterocycles. The molecule has 2 heterocycles. The summed E-state index contributed by atoms with van der Waals surface area (Å²) in [6.07, 6.45) is 11.1. The highest BCUT2D eigenvalue weighted by molar-refractivity contribution is 6.03. The van der Waals surface area contributed by atoms with Crippen molar-refractivity contribution in [2.75, 3.05) is 29.4 Å². The number of carbonyl (C=O) groups is 1. The second-order valence-electron chi connectivity index (χ2n) is 9.14. The fraction of sp³-hybridized carbons (Fsp3) is 0.429. The Labute approximate surface area is 202 Å². The summed E-state index contributed by atoms with van der Waals surface area (Å²) in [5.41, 5.74) is 4.84. The van der Waals surface area contributed by atoms with Crippen LogP contribution in [0.25, 0.3) is 0 Å². The van der Waals surface area contributed by atoms with Gasteiger partial charge in [-0.1, -0.05) is 25.2 Å². The highest BCUT2D eigenvalue weighted by Gasteiger charge is 2.37. The van der Waals surface area contributed by atoms with E-state index in [1.165, 1.54) is 18.6 Å². The minimum absolute atomic E-state index is 0.166. The molecule has 1 saturated heterocycles. The van der Waals surface area contributed by atoms with Crippen LogP contribution in [-0.2, 0) is 0 Å². The molecule has 1 atom stereocenters. The smallest absolute Gasteiger partial charge is 0.178 e. The Morgan fingerprint density at radius 2 is 2.12 bits per heavy atom. The minimum atomic E-state index is -0.422. The molecule has 1 aromatic rings. The van der Waals surface area contributed by atoms with Gasteiger partial charge in [-0.25, -0.2) is 4.39 Å². The zero-order valence-corrected chi connectivity index (χ0v) is 20.7. The fourth-order valence-corrected chi connectivity index (χ4v) is 5.11. The molecule has 3 aliphatic rings. The van der Waals surface area contributed by atoms with E-state index in [1.54, 1.807) is 0 Å². The number of halogens is 1. The Morgan fingerprint density at radius 1 is 1.32 bits per heavy atom. The van der Waals surface area contributed by atoms with Crippen LogP contribution < -0.4 is 14.5 Å². The third kappa shape index (κ3) is 4.33. The lowest BCUT2D eigenvalue weighted by atomic mass is 9.97. The molecule has 5 nitrogen and oxygen atoms in total. The Morgan fingerprint density at radius 3 is 2.79 bits per heavy atom. The topological polar surface area (TPSA) is 45.1 Å². The van der Waals surface area contributed by atoms with Crippen LogP contribution >= 0.6 is 0 Å². The van der Waals surface area contributed by atoms with Gasteiger partial charge >= 0.3 is 0 Å². The van der Waals surface area contributed by atoms with E-state index in [1.807, 2.05) is 36.4 Å². The molecule has 4 rings (SSSR count). The second-order valence-corrected chi connectivity index (χ2v) is 9.14. The minimum Gasteiger partial charge on any atom is -0.451 e. The first-order valence-corrected chi connectivity index (χ1v) is 12.2. The van der Waals surface area contributed by atoms with Crippen molar-refractivity contribution in [2.24, 2.45) is 10.9 Å². The number of aliphatic imine (C=N–C) groups is 1. The van der Waals surface area contributed by atoms with Gasteiger partial charge in [-0.2, -0.15) is 0 Å². The van der Waals surface area contributed by atoms with Crippen molar-refractivity contribution in [2.45, 2.75) is 53.4 Å². The van der Waals surface area contributed by atoms with Gasteiger partial charge in [0, 0.05) is 43.5 Å². The summed E-state index contributed by atoms with van der Waals surface area (Å²) in [6, 6.07) is 1.39. The number of carbonyl (C=O) groups excluding carboxylic acids is 1. The van der Waals surface area contributed by atoms with Crippen LogP contribution in [0.1, 0.15) is 63.7 Å². The van der Waals surface area contributed by atoms with Gasteiger partial charge in [0.15, 0.2) is 17.3 Å². The number of ether oxygens (including phenoxy) is 1. The Bertz CT molecular complexity index is 1130. The molecule has 2 aliphatic heterocycles. The van der Waals surface area contributed by atoms with Crippen LogP contribution in [0.4, 0.5) is 15.8 Å². The normalized spacial score (nSPS) is 20.3. The zero-order chi connectivity index (χ0) is 24.4.